The first-order valence-electron chi connectivity index (χ1n) is 4.89. The van der Waals surface area contributed by atoms with Gasteiger partial charge in [0, 0.05) is 26.8 Å². The van der Waals surface area contributed by atoms with Gasteiger partial charge in [-0.2, -0.15) is 0 Å². The minimum Gasteiger partial charge on any atom is -0.382 e. The summed E-state index contributed by atoms with van der Waals surface area (Å²) in [5, 5.41) is 6.81. The van der Waals surface area contributed by atoms with E-state index < -0.39 is 0 Å². The van der Waals surface area contributed by atoms with E-state index >= 15 is 0 Å². The lowest BCUT2D eigenvalue weighted by molar-refractivity contribution is 0.0699. The molecule has 2 N–H and O–H groups in total. The number of nitrogens with one attached hydrogen (secondary N) is 2. The molecule has 0 fully saturated rings. The Hall–Kier alpha value is -0.390. The second kappa shape index (κ2) is 10.7. The quantitative estimate of drug-likeness (QED) is 0.461. The number of rotatable bonds is 8. The molecule has 0 aliphatic carbocycles. The highest BCUT2D eigenvalue weighted by Crippen LogP contribution is 1.81. The van der Waals surface area contributed by atoms with Gasteiger partial charge in [-0.1, -0.05) is 0 Å². The normalized spacial score (nSPS) is 9.86. The molecule has 0 aromatic heterocycles. The van der Waals surface area contributed by atoms with Crippen LogP contribution in [-0.2, 0) is 9.47 Å². The van der Waals surface area contributed by atoms with Gasteiger partial charge in [0.1, 0.15) is 0 Å². The zero-order chi connectivity index (χ0) is 10.6. The van der Waals surface area contributed by atoms with Gasteiger partial charge in [0.2, 0.25) is 0 Å². The summed E-state index contributed by atoms with van der Waals surface area (Å²) in [4.78, 5) is 0. The van der Waals surface area contributed by atoms with Crippen molar-refractivity contribution in [1.29, 1.82) is 0 Å². The Kier molecular flexibility index (Phi) is 10.4. The van der Waals surface area contributed by atoms with E-state index in [-0.39, 0.29) is 0 Å². The Morgan fingerprint density at radius 1 is 1.21 bits per heavy atom. The second-order valence-electron chi connectivity index (χ2n) is 2.74. The van der Waals surface area contributed by atoms with Crippen molar-refractivity contribution in [3.8, 4) is 0 Å². The zero-order valence-electron chi connectivity index (χ0n) is 8.97. The maximum Gasteiger partial charge on any atom is 0.166 e. The lowest BCUT2D eigenvalue weighted by Gasteiger charge is -2.08. The molecule has 84 valence electrons. The molecule has 0 spiro atoms. The largest absolute Gasteiger partial charge is 0.382 e. The first-order valence-corrected chi connectivity index (χ1v) is 5.30. The highest BCUT2D eigenvalue weighted by atomic mass is 32.1. The van der Waals surface area contributed by atoms with Crippen LogP contribution in [-0.4, -0.2) is 45.1 Å². The minimum atomic E-state index is 0.656. The molecule has 5 heteroatoms. The van der Waals surface area contributed by atoms with Gasteiger partial charge < -0.3 is 20.1 Å². The lowest BCUT2D eigenvalue weighted by Crippen LogP contribution is -2.35. The topological polar surface area (TPSA) is 42.5 Å². The molecule has 0 heterocycles. The molecule has 14 heavy (non-hydrogen) atoms. The van der Waals surface area contributed by atoms with E-state index in [4.69, 9.17) is 21.7 Å². The number of ether oxygens (including phenoxy) is 2. The van der Waals surface area contributed by atoms with E-state index in [1.54, 1.807) is 7.11 Å². The van der Waals surface area contributed by atoms with Crippen molar-refractivity contribution in [2.75, 3.05) is 40.0 Å². The van der Waals surface area contributed by atoms with E-state index in [1.807, 2.05) is 6.92 Å². The molecule has 0 bridgehead atoms. The van der Waals surface area contributed by atoms with Crippen LogP contribution in [0.5, 0.6) is 0 Å². The molecule has 0 aromatic rings. The van der Waals surface area contributed by atoms with Gasteiger partial charge in [-0.05, 0) is 25.6 Å². The van der Waals surface area contributed by atoms with Crippen molar-refractivity contribution in [2.24, 2.45) is 0 Å². The van der Waals surface area contributed by atoms with Gasteiger partial charge in [-0.25, -0.2) is 0 Å². The van der Waals surface area contributed by atoms with Crippen molar-refractivity contribution >= 4 is 17.3 Å². The molecule has 0 amide bonds. The maximum atomic E-state index is 5.29. The van der Waals surface area contributed by atoms with Crippen molar-refractivity contribution in [3.05, 3.63) is 0 Å². The summed E-state index contributed by atoms with van der Waals surface area (Å²) in [5.74, 6) is 0. The van der Waals surface area contributed by atoms with Crippen molar-refractivity contribution in [2.45, 2.75) is 13.3 Å². The van der Waals surface area contributed by atoms with Crippen LogP contribution in [0.1, 0.15) is 13.3 Å². The molecule has 0 saturated carbocycles. The smallest absolute Gasteiger partial charge is 0.166 e. The molecular formula is C9H20N2O2S. The minimum absolute atomic E-state index is 0.656. The van der Waals surface area contributed by atoms with Crippen molar-refractivity contribution in [3.63, 3.8) is 0 Å². The maximum absolute atomic E-state index is 5.29. The standard InChI is InChI=1S/C9H20N2O2S/c1-3-10-9(14)11-5-4-6-13-8-7-12-2/h3-8H2,1-2H3,(H2,10,11,14). The fraction of sp³-hybridized carbons (Fsp3) is 0.889. The molecule has 0 radical (unpaired) electrons. The number of hydrogen-bond donors (Lipinski definition) is 2. The second-order valence-corrected chi connectivity index (χ2v) is 3.15. The average molecular weight is 220 g/mol. The van der Waals surface area contributed by atoms with Crippen molar-refractivity contribution < 1.29 is 9.47 Å². The van der Waals surface area contributed by atoms with E-state index in [9.17, 15) is 0 Å². The monoisotopic (exact) mass is 220 g/mol. The molecular weight excluding hydrogens is 200 g/mol. The SMILES string of the molecule is CCNC(=S)NCCCOCCOC. The summed E-state index contributed by atoms with van der Waals surface area (Å²) in [6.45, 7) is 5.78. The molecule has 0 saturated heterocycles. The van der Waals surface area contributed by atoms with Gasteiger partial charge in [-0.3, -0.25) is 0 Å². The number of methoxy groups -OCH3 is 1. The van der Waals surface area contributed by atoms with Crippen LogP contribution < -0.4 is 10.6 Å². The molecule has 0 unspecified atom stereocenters. The highest BCUT2D eigenvalue weighted by Gasteiger charge is 1.92. The highest BCUT2D eigenvalue weighted by molar-refractivity contribution is 7.80. The fourth-order valence-electron chi connectivity index (χ4n) is 0.844. The van der Waals surface area contributed by atoms with E-state index in [0.29, 0.717) is 18.3 Å². The Morgan fingerprint density at radius 2 is 2.00 bits per heavy atom. The molecule has 0 aromatic carbocycles. The third kappa shape index (κ3) is 9.70. The first kappa shape index (κ1) is 13.6. The zero-order valence-corrected chi connectivity index (χ0v) is 9.78. The van der Waals surface area contributed by atoms with Gasteiger partial charge in [0.15, 0.2) is 5.11 Å². The average Bonchev–Trinajstić information content (AvgIpc) is 2.17. The van der Waals surface area contributed by atoms with Gasteiger partial charge in [0.05, 0.1) is 13.2 Å². The van der Waals surface area contributed by atoms with E-state index in [0.717, 1.165) is 26.1 Å². The Balaban J connectivity index is 3.01. The predicted molar refractivity (Wildman–Crippen MR) is 61.6 cm³/mol. The molecule has 0 aliphatic rings. The van der Waals surface area contributed by atoms with Crippen LogP contribution >= 0.6 is 12.2 Å². The third-order valence-electron chi connectivity index (χ3n) is 1.52. The summed E-state index contributed by atoms with van der Waals surface area (Å²) in [6.07, 6.45) is 0.954. The van der Waals surface area contributed by atoms with Crippen LogP contribution in [0.2, 0.25) is 0 Å². The Bertz CT molecular complexity index is 145. The molecule has 0 aliphatic heterocycles. The summed E-state index contributed by atoms with van der Waals surface area (Å²) in [7, 11) is 1.67. The summed E-state index contributed by atoms with van der Waals surface area (Å²) < 4.78 is 10.1. The van der Waals surface area contributed by atoms with E-state index in [1.165, 1.54) is 0 Å². The fourth-order valence-corrected chi connectivity index (χ4v) is 1.09. The Morgan fingerprint density at radius 3 is 2.64 bits per heavy atom. The van der Waals surface area contributed by atoms with Gasteiger partial charge in [0.25, 0.3) is 0 Å². The van der Waals surface area contributed by atoms with Gasteiger partial charge >= 0.3 is 0 Å². The van der Waals surface area contributed by atoms with Gasteiger partial charge in [-0.15, -0.1) is 0 Å². The number of thiocarbonyl (C=S) groups is 1. The van der Waals surface area contributed by atoms with Crippen LogP contribution in [0.25, 0.3) is 0 Å². The molecule has 0 rings (SSSR count). The Labute approximate surface area is 91.3 Å². The predicted octanol–water partition coefficient (Wildman–Crippen LogP) is 0.523. The summed E-state index contributed by atoms with van der Waals surface area (Å²) in [5.41, 5.74) is 0. The summed E-state index contributed by atoms with van der Waals surface area (Å²) in [6, 6.07) is 0. The van der Waals surface area contributed by atoms with Crippen LogP contribution in [0.15, 0.2) is 0 Å². The third-order valence-corrected chi connectivity index (χ3v) is 1.81. The summed E-state index contributed by atoms with van der Waals surface area (Å²) >= 11 is 4.99. The van der Waals surface area contributed by atoms with Crippen LogP contribution in [0.4, 0.5) is 0 Å². The molecule has 0 atom stereocenters. The number of hydrogen-bond acceptors (Lipinski definition) is 3. The lowest BCUT2D eigenvalue weighted by atomic mass is 10.4. The molecule has 4 nitrogen and oxygen atoms in total. The van der Waals surface area contributed by atoms with Crippen LogP contribution in [0.3, 0.4) is 0 Å². The first-order chi connectivity index (χ1) is 6.81. The van der Waals surface area contributed by atoms with E-state index in [2.05, 4.69) is 10.6 Å². The van der Waals surface area contributed by atoms with Crippen molar-refractivity contribution in [1.82, 2.24) is 10.6 Å². The van der Waals surface area contributed by atoms with Crippen LogP contribution in [0, 0.1) is 0 Å².